The van der Waals surface area contributed by atoms with Crippen molar-refractivity contribution in [3.05, 3.63) is 81.9 Å². The molecule has 0 unspecified atom stereocenters. The SMILES string of the molecule is O=C(c1ccc(C(F)(F)F)cc1)N(Cc1ccoc1)Cc1cccs1. The molecule has 0 radical (unpaired) electrons. The predicted octanol–water partition coefficient (Wildman–Crippen LogP) is 5.20. The monoisotopic (exact) mass is 365 g/mol. The average molecular weight is 365 g/mol. The Morgan fingerprint density at radius 1 is 1.08 bits per heavy atom. The summed E-state index contributed by atoms with van der Waals surface area (Å²) in [5, 5.41) is 1.91. The molecule has 3 aromatic rings. The zero-order chi connectivity index (χ0) is 17.9. The van der Waals surface area contributed by atoms with Gasteiger partial charge in [-0.15, -0.1) is 11.3 Å². The molecular weight excluding hydrogens is 351 g/mol. The summed E-state index contributed by atoms with van der Waals surface area (Å²) in [5.74, 6) is -0.330. The third-order valence-electron chi connectivity index (χ3n) is 3.63. The molecule has 25 heavy (non-hydrogen) atoms. The molecule has 0 bridgehead atoms. The number of halogens is 3. The molecule has 130 valence electrons. The van der Waals surface area contributed by atoms with E-state index in [4.69, 9.17) is 4.42 Å². The highest BCUT2D eigenvalue weighted by Crippen LogP contribution is 2.29. The summed E-state index contributed by atoms with van der Waals surface area (Å²) >= 11 is 1.52. The van der Waals surface area contributed by atoms with E-state index in [0.717, 1.165) is 22.6 Å². The molecule has 0 spiro atoms. The Kier molecular flexibility index (Phi) is 4.94. The third-order valence-corrected chi connectivity index (χ3v) is 4.49. The zero-order valence-electron chi connectivity index (χ0n) is 13.0. The molecule has 0 N–H and O–H groups in total. The molecule has 0 aliphatic heterocycles. The van der Waals surface area contributed by atoms with Crippen LogP contribution in [0.4, 0.5) is 13.2 Å². The number of hydrogen-bond donors (Lipinski definition) is 0. The number of hydrogen-bond acceptors (Lipinski definition) is 3. The molecule has 0 aliphatic carbocycles. The summed E-state index contributed by atoms with van der Waals surface area (Å²) in [4.78, 5) is 15.3. The quantitative estimate of drug-likeness (QED) is 0.622. The van der Waals surface area contributed by atoms with Gasteiger partial charge in [-0.05, 0) is 41.8 Å². The first-order valence-electron chi connectivity index (χ1n) is 7.43. The summed E-state index contributed by atoms with van der Waals surface area (Å²) in [6.45, 7) is 0.691. The van der Waals surface area contributed by atoms with E-state index in [1.807, 2.05) is 17.5 Å². The summed E-state index contributed by atoms with van der Waals surface area (Å²) in [5.41, 5.74) is 0.258. The van der Waals surface area contributed by atoms with Gasteiger partial charge in [0.15, 0.2) is 0 Å². The Balaban J connectivity index is 1.82. The Hall–Kier alpha value is -2.54. The Morgan fingerprint density at radius 2 is 1.84 bits per heavy atom. The first-order chi connectivity index (χ1) is 11.9. The van der Waals surface area contributed by atoms with Crippen LogP contribution in [-0.4, -0.2) is 10.8 Å². The number of alkyl halides is 3. The highest BCUT2D eigenvalue weighted by Gasteiger charge is 2.30. The molecule has 3 rings (SSSR count). The van der Waals surface area contributed by atoms with E-state index < -0.39 is 11.7 Å². The van der Waals surface area contributed by atoms with Crippen molar-refractivity contribution in [2.75, 3.05) is 0 Å². The van der Waals surface area contributed by atoms with Crippen molar-refractivity contribution in [2.45, 2.75) is 19.3 Å². The molecule has 0 fully saturated rings. The van der Waals surface area contributed by atoms with Gasteiger partial charge in [0.05, 0.1) is 24.6 Å². The van der Waals surface area contributed by atoms with Gasteiger partial charge < -0.3 is 9.32 Å². The standard InChI is InChI=1S/C18H14F3NO2S/c19-18(20,21)15-5-3-14(4-6-15)17(23)22(10-13-7-8-24-12-13)11-16-2-1-9-25-16/h1-9,12H,10-11H2. The molecule has 0 saturated heterocycles. The lowest BCUT2D eigenvalue weighted by atomic mass is 10.1. The lowest BCUT2D eigenvalue weighted by Gasteiger charge is -2.22. The molecule has 3 nitrogen and oxygen atoms in total. The molecule has 0 aliphatic rings. The first-order valence-corrected chi connectivity index (χ1v) is 8.31. The van der Waals surface area contributed by atoms with Gasteiger partial charge in [-0.25, -0.2) is 0 Å². The summed E-state index contributed by atoms with van der Waals surface area (Å²) in [7, 11) is 0. The van der Waals surface area contributed by atoms with Crippen LogP contribution < -0.4 is 0 Å². The van der Waals surface area contributed by atoms with Gasteiger partial charge in [0.1, 0.15) is 0 Å². The van der Waals surface area contributed by atoms with Crippen molar-refractivity contribution in [1.29, 1.82) is 0 Å². The van der Waals surface area contributed by atoms with Crippen molar-refractivity contribution in [3.8, 4) is 0 Å². The largest absolute Gasteiger partial charge is 0.472 e. The molecular formula is C18H14F3NO2S. The lowest BCUT2D eigenvalue weighted by Crippen LogP contribution is -2.29. The van der Waals surface area contributed by atoms with Crippen molar-refractivity contribution in [3.63, 3.8) is 0 Å². The Labute approximate surface area is 146 Å². The van der Waals surface area contributed by atoms with Crippen LogP contribution in [0.1, 0.15) is 26.4 Å². The zero-order valence-corrected chi connectivity index (χ0v) is 13.8. The normalized spacial score (nSPS) is 11.5. The van der Waals surface area contributed by atoms with Crippen LogP contribution in [0, 0.1) is 0 Å². The van der Waals surface area contributed by atoms with Crippen LogP contribution in [0.2, 0.25) is 0 Å². The highest BCUT2D eigenvalue weighted by molar-refractivity contribution is 7.09. The van der Waals surface area contributed by atoms with E-state index >= 15 is 0 Å². The summed E-state index contributed by atoms with van der Waals surface area (Å²) < 4.78 is 43.1. The van der Waals surface area contributed by atoms with E-state index in [-0.39, 0.29) is 11.5 Å². The van der Waals surface area contributed by atoms with Gasteiger partial charge in [0.25, 0.3) is 5.91 Å². The summed E-state index contributed by atoms with van der Waals surface area (Å²) in [6, 6.07) is 9.82. The molecule has 1 aromatic carbocycles. The van der Waals surface area contributed by atoms with E-state index in [1.165, 1.54) is 29.7 Å². The minimum Gasteiger partial charge on any atom is -0.472 e. The topological polar surface area (TPSA) is 33.5 Å². The molecule has 0 saturated carbocycles. The molecule has 2 heterocycles. The smallest absolute Gasteiger partial charge is 0.416 e. The molecule has 7 heteroatoms. The fourth-order valence-electron chi connectivity index (χ4n) is 2.38. The first kappa shape index (κ1) is 17.3. The van der Waals surface area contributed by atoms with E-state index in [1.54, 1.807) is 17.2 Å². The Bertz CT molecular complexity index is 773. The van der Waals surface area contributed by atoms with E-state index in [9.17, 15) is 18.0 Å². The van der Waals surface area contributed by atoms with Gasteiger partial charge in [-0.3, -0.25) is 4.79 Å². The van der Waals surface area contributed by atoms with Crippen LogP contribution in [-0.2, 0) is 19.3 Å². The van der Waals surface area contributed by atoms with Gasteiger partial charge in [0, 0.05) is 22.5 Å². The molecule has 2 aromatic heterocycles. The second-order valence-corrected chi connectivity index (χ2v) is 6.48. The average Bonchev–Trinajstić information content (AvgIpc) is 3.27. The van der Waals surface area contributed by atoms with Gasteiger partial charge in [-0.2, -0.15) is 13.2 Å². The fraction of sp³-hybridized carbons (Fsp3) is 0.167. The maximum Gasteiger partial charge on any atom is 0.416 e. The number of thiophene rings is 1. The number of carbonyl (C=O) groups is 1. The maximum atomic E-state index is 12.8. The lowest BCUT2D eigenvalue weighted by molar-refractivity contribution is -0.137. The number of nitrogens with zero attached hydrogens (tertiary/aromatic N) is 1. The number of amides is 1. The Morgan fingerprint density at radius 3 is 2.40 bits per heavy atom. The van der Waals surface area contributed by atoms with Crippen LogP contribution >= 0.6 is 11.3 Å². The van der Waals surface area contributed by atoms with Crippen molar-refractivity contribution in [2.24, 2.45) is 0 Å². The second kappa shape index (κ2) is 7.14. The van der Waals surface area contributed by atoms with Gasteiger partial charge in [-0.1, -0.05) is 6.07 Å². The molecule has 1 amide bonds. The highest BCUT2D eigenvalue weighted by atomic mass is 32.1. The van der Waals surface area contributed by atoms with Crippen molar-refractivity contribution < 1.29 is 22.4 Å². The van der Waals surface area contributed by atoms with Gasteiger partial charge in [0.2, 0.25) is 0 Å². The van der Waals surface area contributed by atoms with Crippen molar-refractivity contribution >= 4 is 17.2 Å². The predicted molar refractivity (Wildman–Crippen MR) is 88.0 cm³/mol. The minimum absolute atomic E-state index is 0.216. The van der Waals surface area contributed by atoms with Gasteiger partial charge >= 0.3 is 6.18 Å². The second-order valence-electron chi connectivity index (χ2n) is 5.45. The van der Waals surface area contributed by atoms with Crippen LogP contribution in [0.5, 0.6) is 0 Å². The fourth-order valence-corrected chi connectivity index (χ4v) is 3.10. The number of furan rings is 1. The summed E-state index contributed by atoms with van der Waals surface area (Å²) in [6.07, 6.45) is -1.36. The number of rotatable bonds is 5. The van der Waals surface area contributed by atoms with Crippen LogP contribution in [0.15, 0.2) is 64.8 Å². The van der Waals surface area contributed by atoms with Crippen LogP contribution in [0.25, 0.3) is 0 Å². The number of benzene rings is 1. The third kappa shape index (κ3) is 4.30. The van der Waals surface area contributed by atoms with Crippen LogP contribution in [0.3, 0.4) is 0 Å². The van der Waals surface area contributed by atoms with E-state index in [0.29, 0.717) is 13.1 Å². The number of carbonyl (C=O) groups excluding carboxylic acids is 1. The van der Waals surface area contributed by atoms with Crippen molar-refractivity contribution in [1.82, 2.24) is 4.90 Å². The van der Waals surface area contributed by atoms with E-state index in [2.05, 4.69) is 0 Å². The minimum atomic E-state index is -4.42. The maximum absolute atomic E-state index is 12.8. The molecule has 0 atom stereocenters.